The van der Waals surface area contributed by atoms with Crippen LogP contribution in [0.2, 0.25) is 0 Å². The van der Waals surface area contributed by atoms with E-state index in [1.807, 2.05) is 0 Å². The molecule has 0 heterocycles. The maximum atomic E-state index is 9.45. The zero-order valence-electron chi connectivity index (χ0n) is 12.4. The van der Waals surface area contributed by atoms with Crippen LogP contribution >= 0.6 is 0 Å². The standard InChI is InChI=1S/2C2H5O3Si.2CH2O3.3Mg/c2*1-2-5-6(3)4;2*2-1(3)4;;;/h2*2H2,1H3;2*(H2,2,3,4);;;/q2*-1;;;3*+2/p-4. The van der Waals surface area contributed by atoms with Gasteiger partial charge in [-0.25, -0.2) is 0 Å². The Bertz CT molecular complexity index is 256. The quantitative estimate of drug-likeness (QED) is 0.399. The molecule has 17 heteroatoms. The van der Waals surface area contributed by atoms with Crippen LogP contribution in [0.15, 0.2) is 0 Å². The zero-order chi connectivity index (χ0) is 17.1. The van der Waals surface area contributed by atoms with Gasteiger partial charge in [-0.1, -0.05) is 0 Å². The van der Waals surface area contributed by atoms with Crippen LogP contribution in [0, 0.1) is 0 Å². The average molecular weight is 403 g/mol. The van der Waals surface area contributed by atoms with Crippen molar-refractivity contribution in [1.82, 2.24) is 0 Å². The molecule has 0 aliphatic heterocycles. The predicted molar refractivity (Wildman–Crippen MR) is 64.2 cm³/mol. The third-order valence-corrected chi connectivity index (χ3v) is 1.57. The third kappa shape index (κ3) is 241. The largest absolute Gasteiger partial charge is 2.00 e. The summed E-state index contributed by atoms with van der Waals surface area (Å²) >= 11 is 0. The number of carboxylic acid groups (broad SMARTS) is 4. The summed E-state index contributed by atoms with van der Waals surface area (Å²) in [5.74, 6) is 0. The first-order valence-electron chi connectivity index (χ1n) is 4.44. The van der Waals surface area contributed by atoms with E-state index in [1.54, 1.807) is 13.8 Å². The summed E-state index contributed by atoms with van der Waals surface area (Å²) in [6.07, 6.45) is -4.67. The van der Waals surface area contributed by atoms with Crippen LogP contribution in [0.3, 0.4) is 0 Å². The summed E-state index contributed by atoms with van der Waals surface area (Å²) in [4.78, 5) is 35.6. The fourth-order valence-electron chi connectivity index (χ4n) is 0.236. The van der Waals surface area contributed by atoms with Crippen molar-refractivity contribution in [3.8, 4) is 0 Å². The predicted octanol–water partition coefficient (Wildman–Crippen LogP) is -8.44. The maximum Gasteiger partial charge on any atom is 2.00 e. The molecule has 0 unspecified atom stereocenters. The minimum absolute atomic E-state index is 0. The summed E-state index contributed by atoms with van der Waals surface area (Å²) in [5, 5.41) is 33.3. The molecule has 0 amide bonds. The maximum absolute atomic E-state index is 9.45. The van der Waals surface area contributed by atoms with E-state index in [-0.39, 0.29) is 82.4 Å². The van der Waals surface area contributed by atoms with Crippen molar-refractivity contribution in [1.29, 1.82) is 0 Å². The van der Waals surface area contributed by atoms with Gasteiger partial charge < -0.3 is 57.4 Å². The van der Waals surface area contributed by atoms with Gasteiger partial charge in [-0.05, 0) is 26.2 Å². The van der Waals surface area contributed by atoms with E-state index >= 15 is 0 Å². The van der Waals surface area contributed by atoms with Crippen LogP contribution in [0.1, 0.15) is 13.8 Å². The van der Waals surface area contributed by atoms with Gasteiger partial charge in [0.25, 0.3) is 0 Å². The molecule has 120 valence electrons. The van der Waals surface area contributed by atoms with Crippen LogP contribution in [-0.2, 0) is 17.8 Å². The molecule has 0 spiro atoms. The van der Waals surface area contributed by atoms with Gasteiger partial charge in [-0.15, -0.1) is 0 Å². The van der Waals surface area contributed by atoms with Crippen LogP contribution in [0.25, 0.3) is 0 Å². The topological polar surface area (TPSA) is 225 Å². The van der Waals surface area contributed by atoms with E-state index in [2.05, 4.69) is 8.85 Å². The monoisotopic (exact) mass is 402 g/mol. The van der Waals surface area contributed by atoms with E-state index in [9.17, 15) is 18.5 Å². The van der Waals surface area contributed by atoms with Gasteiger partial charge in [0.1, 0.15) is 0 Å². The van der Waals surface area contributed by atoms with Crippen molar-refractivity contribution in [3.05, 3.63) is 0 Å². The second kappa shape index (κ2) is 37.9. The van der Waals surface area contributed by atoms with E-state index in [0.717, 1.165) is 0 Å². The van der Waals surface area contributed by atoms with Crippen molar-refractivity contribution < 1.29 is 57.4 Å². The minimum Gasteiger partial charge on any atom is -0.652 e. The van der Waals surface area contributed by atoms with Gasteiger partial charge in [-0.2, -0.15) is 0 Å². The number of rotatable bonds is 4. The van der Waals surface area contributed by atoms with Crippen molar-refractivity contribution in [3.63, 3.8) is 0 Å². The van der Waals surface area contributed by atoms with Gasteiger partial charge >= 0.3 is 87.5 Å². The van der Waals surface area contributed by atoms with Crippen LogP contribution in [0.4, 0.5) is 9.59 Å². The molecule has 12 nitrogen and oxygen atoms in total. The summed E-state index contributed by atoms with van der Waals surface area (Å²) in [5.41, 5.74) is 0. The Morgan fingerprint density at radius 2 is 0.870 bits per heavy atom. The molecule has 0 rings (SSSR count). The van der Waals surface area contributed by atoms with Crippen LogP contribution < -0.4 is 30.0 Å². The van der Waals surface area contributed by atoms with Gasteiger partial charge in [0.05, 0.1) is 0 Å². The second-order valence-corrected chi connectivity index (χ2v) is 3.44. The molecular weight excluding hydrogens is 393 g/mol. The molecule has 0 aromatic rings. The first-order valence-corrected chi connectivity index (χ1v) is 6.89. The average Bonchev–Trinajstić information content (AvgIpc) is 2.15. The van der Waals surface area contributed by atoms with E-state index < -0.39 is 30.7 Å². The van der Waals surface area contributed by atoms with Crippen molar-refractivity contribution >= 4 is 99.8 Å². The minimum atomic E-state index is -2.89. The molecule has 0 aliphatic carbocycles. The van der Waals surface area contributed by atoms with Crippen molar-refractivity contribution in [2.45, 2.75) is 13.8 Å². The molecule has 0 saturated heterocycles. The molecule has 23 heavy (non-hydrogen) atoms. The van der Waals surface area contributed by atoms with Crippen LogP contribution in [-0.4, -0.2) is 113 Å². The second-order valence-electron chi connectivity index (χ2n) is 1.87. The Morgan fingerprint density at radius 1 is 0.739 bits per heavy atom. The summed E-state index contributed by atoms with van der Waals surface area (Å²) in [7, 11) is -5.77. The smallest absolute Gasteiger partial charge is 0.652 e. The fraction of sp³-hybridized carbons (Fsp3) is 0.667. The van der Waals surface area contributed by atoms with E-state index in [1.165, 1.54) is 0 Å². The molecule has 0 atom stereocenters. The van der Waals surface area contributed by atoms with Crippen molar-refractivity contribution in [2.75, 3.05) is 13.2 Å². The summed E-state index contributed by atoms with van der Waals surface area (Å²) in [6.45, 7) is 3.75. The van der Waals surface area contributed by atoms with Gasteiger partial charge in [0, 0.05) is 13.2 Å². The van der Waals surface area contributed by atoms with Gasteiger partial charge in [0.2, 0.25) is 0 Å². The Labute approximate surface area is 183 Å². The number of carbonyl (C=O) groups excluding carboxylic acids is 2. The SMILES string of the molecule is CCO[Si](=O)[O-].CCO[Si](=O)[O-].O=C([O-])[O-].O=C([O-])[O-].[Mg+2].[Mg+2].[Mg+2]. The van der Waals surface area contributed by atoms with Crippen LogP contribution in [0.5, 0.6) is 0 Å². The Balaban J connectivity index is -0.0000000289. The third-order valence-electron chi connectivity index (χ3n) is 0.524. The van der Waals surface area contributed by atoms with Gasteiger partial charge in [0.15, 0.2) is 0 Å². The van der Waals surface area contributed by atoms with E-state index in [0.29, 0.717) is 0 Å². The normalized spacial score (nSPS) is 6.00. The summed E-state index contributed by atoms with van der Waals surface area (Å²) < 4.78 is 27.0. The Morgan fingerprint density at radius 3 is 0.870 bits per heavy atom. The molecule has 0 bridgehead atoms. The first-order chi connectivity index (χ1) is 9.00. The van der Waals surface area contributed by atoms with Crippen molar-refractivity contribution in [2.24, 2.45) is 0 Å². The molecular formula is C6H10Mg3O12Si2. The fourth-order valence-corrected chi connectivity index (χ4v) is 0.707. The summed E-state index contributed by atoms with van der Waals surface area (Å²) in [6, 6.07) is 0. The number of hydrogen-bond acceptors (Lipinski definition) is 12. The first kappa shape index (κ1) is 43.5. The molecule has 0 aromatic carbocycles. The Kier molecular flexibility index (Phi) is 71.8. The zero-order valence-corrected chi connectivity index (χ0v) is 18.7. The molecule has 0 aromatic heterocycles. The Hall–Kier alpha value is 0.0725. The molecule has 0 saturated carbocycles. The van der Waals surface area contributed by atoms with E-state index in [4.69, 9.17) is 30.0 Å². The molecule has 0 radical (unpaired) electrons. The number of carbonyl (C=O) groups is 2. The molecule has 0 aliphatic rings. The number of hydrogen-bond donors (Lipinski definition) is 0. The van der Waals surface area contributed by atoms with Gasteiger partial charge in [-0.3, -0.25) is 0 Å². The molecule has 0 N–H and O–H groups in total. The molecule has 0 fully saturated rings.